The third-order valence-electron chi connectivity index (χ3n) is 2.11. The predicted molar refractivity (Wildman–Crippen MR) is 59.2 cm³/mol. The quantitative estimate of drug-likeness (QED) is 0.744. The lowest BCUT2D eigenvalue weighted by molar-refractivity contribution is 0.134. The molecular weight excluding hydrogens is 279 g/mol. The zero-order valence-corrected chi connectivity index (χ0v) is 9.75. The summed E-state index contributed by atoms with van der Waals surface area (Å²) in [5.74, 6) is 0.915. The summed E-state index contributed by atoms with van der Waals surface area (Å²) in [6.45, 7) is 4.05. The van der Waals surface area contributed by atoms with Gasteiger partial charge in [-0.2, -0.15) is 0 Å². The van der Waals surface area contributed by atoms with Crippen LogP contribution in [0.3, 0.4) is 0 Å². The minimum absolute atomic E-state index is 0.176. The van der Waals surface area contributed by atoms with Gasteiger partial charge >= 0.3 is 0 Å². The van der Waals surface area contributed by atoms with Crippen LogP contribution in [-0.4, -0.2) is 10.7 Å². The zero-order chi connectivity index (χ0) is 9.64. The van der Waals surface area contributed by atoms with Crippen molar-refractivity contribution in [2.24, 2.45) is 0 Å². The number of ether oxygens (including phenoxy) is 1. The van der Waals surface area contributed by atoms with E-state index in [-0.39, 0.29) is 11.4 Å². The first-order valence-corrected chi connectivity index (χ1v) is 5.26. The summed E-state index contributed by atoms with van der Waals surface area (Å²) in [7, 11) is 0. The Morgan fingerprint density at radius 2 is 2.15 bits per heavy atom. The molecule has 2 nitrogen and oxygen atoms in total. The van der Waals surface area contributed by atoms with Crippen molar-refractivity contribution in [2.75, 3.05) is 0 Å². The Morgan fingerprint density at radius 1 is 1.46 bits per heavy atom. The van der Waals surface area contributed by atoms with Gasteiger partial charge in [0.2, 0.25) is 0 Å². The summed E-state index contributed by atoms with van der Waals surface area (Å²) in [5.41, 5.74) is 0.930. The van der Waals surface area contributed by atoms with Gasteiger partial charge in [0.15, 0.2) is 11.5 Å². The van der Waals surface area contributed by atoms with Gasteiger partial charge in [-0.25, -0.2) is 0 Å². The lowest BCUT2D eigenvalue weighted by Gasteiger charge is -2.17. The van der Waals surface area contributed by atoms with Gasteiger partial charge in [-0.1, -0.05) is 0 Å². The predicted octanol–water partition coefficient (Wildman–Crippen LogP) is 2.71. The minimum Gasteiger partial charge on any atom is -0.504 e. The lowest BCUT2D eigenvalue weighted by Crippen LogP contribution is -2.24. The fourth-order valence-electron chi connectivity index (χ4n) is 1.65. The third-order valence-corrected chi connectivity index (χ3v) is 2.73. The Hall–Kier alpha value is -0.450. The summed E-state index contributed by atoms with van der Waals surface area (Å²) < 4.78 is 6.68. The van der Waals surface area contributed by atoms with Gasteiger partial charge in [-0.3, -0.25) is 0 Å². The van der Waals surface area contributed by atoms with Gasteiger partial charge in [0.25, 0.3) is 0 Å². The molecule has 1 N–H and O–H groups in total. The van der Waals surface area contributed by atoms with Gasteiger partial charge in [0.05, 0.1) is 0 Å². The largest absolute Gasteiger partial charge is 0.504 e. The number of hydrogen-bond donors (Lipinski definition) is 1. The molecule has 0 aliphatic carbocycles. The molecule has 0 saturated heterocycles. The molecule has 13 heavy (non-hydrogen) atoms. The highest BCUT2D eigenvalue weighted by Gasteiger charge is 2.32. The summed E-state index contributed by atoms with van der Waals surface area (Å²) in [4.78, 5) is 0. The first-order valence-electron chi connectivity index (χ1n) is 4.18. The molecule has 0 atom stereocenters. The average molecular weight is 290 g/mol. The van der Waals surface area contributed by atoms with Crippen molar-refractivity contribution in [3.63, 3.8) is 0 Å². The van der Waals surface area contributed by atoms with Gasteiger partial charge in [-0.15, -0.1) is 0 Å². The zero-order valence-electron chi connectivity index (χ0n) is 7.60. The molecule has 0 aromatic heterocycles. The average Bonchev–Trinajstić information content (AvgIpc) is 2.23. The molecule has 0 amide bonds. The van der Waals surface area contributed by atoms with Gasteiger partial charge in [0, 0.05) is 15.6 Å². The number of phenols is 1. The molecule has 0 bridgehead atoms. The van der Waals surface area contributed by atoms with Crippen LogP contribution in [0.5, 0.6) is 11.5 Å². The first-order chi connectivity index (χ1) is 5.98. The van der Waals surface area contributed by atoms with E-state index in [0.29, 0.717) is 5.75 Å². The second-order valence-corrected chi connectivity index (χ2v) is 5.20. The van der Waals surface area contributed by atoms with E-state index < -0.39 is 0 Å². The SMILES string of the molecule is CC1(C)Cc2cc(I)cc(O)c2O1. The van der Waals surface area contributed by atoms with Crippen molar-refractivity contribution in [1.82, 2.24) is 0 Å². The van der Waals surface area contributed by atoms with Gasteiger partial charge in [-0.05, 0) is 48.6 Å². The maximum Gasteiger partial charge on any atom is 0.165 e. The van der Waals surface area contributed by atoms with E-state index in [1.165, 1.54) is 0 Å². The van der Waals surface area contributed by atoms with Crippen LogP contribution in [0, 0.1) is 3.57 Å². The van der Waals surface area contributed by atoms with E-state index in [1.54, 1.807) is 6.07 Å². The Morgan fingerprint density at radius 3 is 2.85 bits per heavy atom. The van der Waals surface area contributed by atoms with Crippen LogP contribution in [0.25, 0.3) is 0 Å². The van der Waals surface area contributed by atoms with Crippen molar-refractivity contribution in [1.29, 1.82) is 0 Å². The molecule has 1 aromatic rings. The molecule has 0 spiro atoms. The third kappa shape index (κ3) is 1.61. The van der Waals surface area contributed by atoms with Crippen LogP contribution >= 0.6 is 22.6 Å². The van der Waals surface area contributed by atoms with Crippen LogP contribution < -0.4 is 4.74 Å². The fourth-order valence-corrected chi connectivity index (χ4v) is 2.33. The summed E-state index contributed by atoms with van der Waals surface area (Å²) in [6.07, 6.45) is 0.868. The number of aromatic hydroxyl groups is 1. The highest BCUT2D eigenvalue weighted by molar-refractivity contribution is 14.1. The maximum absolute atomic E-state index is 9.61. The Kier molecular flexibility index (Phi) is 1.94. The van der Waals surface area contributed by atoms with Crippen molar-refractivity contribution in [2.45, 2.75) is 25.9 Å². The molecule has 1 heterocycles. The van der Waals surface area contributed by atoms with E-state index in [4.69, 9.17) is 4.74 Å². The highest BCUT2D eigenvalue weighted by atomic mass is 127. The van der Waals surface area contributed by atoms with Crippen LogP contribution in [0.15, 0.2) is 12.1 Å². The van der Waals surface area contributed by atoms with E-state index >= 15 is 0 Å². The first kappa shape index (κ1) is 9.12. The molecular formula is C10H11IO2. The molecule has 0 saturated carbocycles. The van der Waals surface area contributed by atoms with Crippen molar-refractivity contribution in [3.05, 3.63) is 21.3 Å². The molecule has 70 valence electrons. The Bertz CT molecular complexity index is 358. The fraction of sp³-hybridized carbons (Fsp3) is 0.400. The lowest BCUT2D eigenvalue weighted by atomic mass is 10.0. The Labute approximate surface area is 91.1 Å². The number of fused-ring (bicyclic) bond motifs is 1. The molecule has 3 heteroatoms. The minimum atomic E-state index is -0.176. The number of benzene rings is 1. The highest BCUT2D eigenvalue weighted by Crippen LogP contribution is 2.42. The second-order valence-electron chi connectivity index (χ2n) is 3.95. The summed E-state index contributed by atoms with van der Waals surface area (Å²) in [5, 5.41) is 9.61. The Balaban J connectivity index is 2.52. The molecule has 2 rings (SSSR count). The standard InChI is InChI=1S/C10H11IO2/c1-10(2)5-6-3-7(11)4-8(12)9(6)13-10/h3-4,12H,5H2,1-2H3. The molecule has 0 unspecified atom stereocenters. The molecule has 1 aliphatic rings. The van der Waals surface area contributed by atoms with Gasteiger partial charge in [0.1, 0.15) is 5.60 Å². The van der Waals surface area contributed by atoms with Crippen LogP contribution in [0.1, 0.15) is 19.4 Å². The molecule has 0 fully saturated rings. The number of hydrogen-bond acceptors (Lipinski definition) is 2. The maximum atomic E-state index is 9.61. The number of rotatable bonds is 0. The van der Waals surface area contributed by atoms with E-state index in [0.717, 1.165) is 15.6 Å². The van der Waals surface area contributed by atoms with Crippen molar-refractivity contribution < 1.29 is 9.84 Å². The van der Waals surface area contributed by atoms with Crippen LogP contribution in [0.4, 0.5) is 0 Å². The van der Waals surface area contributed by atoms with E-state index in [2.05, 4.69) is 28.7 Å². The van der Waals surface area contributed by atoms with E-state index in [9.17, 15) is 5.11 Å². The van der Waals surface area contributed by atoms with Crippen LogP contribution in [-0.2, 0) is 6.42 Å². The topological polar surface area (TPSA) is 29.5 Å². The normalized spacial score (nSPS) is 18.1. The van der Waals surface area contributed by atoms with E-state index in [1.807, 2.05) is 13.8 Å². The van der Waals surface area contributed by atoms with Gasteiger partial charge < -0.3 is 9.84 Å². The smallest absolute Gasteiger partial charge is 0.165 e. The van der Waals surface area contributed by atoms with Crippen LogP contribution in [0.2, 0.25) is 0 Å². The summed E-state index contributed by atoms with van der Waals surface area (Å²) >= 11 is 2.20. The monoisotopic (exact) mass is 290 g/mol. The summed E-state index contributed by atoms with van der Waals surface area (Å²) in [6, 6.07) is 3.78. The molecule has 1 aliphatic heterocycles. The number of phenolic OH excluding ortho intramolecular Hbond substituents is 1. The second kappa shape index (κ2) is 2.77. The van der Waals surface area contributed by atoms with Crippen molar-refractivity contribution in [3.8, 4) is 11.5 Å². The van der Waals surface area contributed by atoms with Crippen molar-refractivity contribution >= 4 is 22.6 Å². The molecule has 0 radical (unpaired) electrons. The number of halogens is 1. The molecule has 1 aromatic carbocycles.